The number of hydrogen-bond donors (Lipinski definition) is 1. The predicted molar refractivity (Wildman–Crippen MR) is 89.9 cm³/mol. The summed E-state index contributed by atoms with van der Waals surface area (Å²) in [6, 6.07) is 0. The van der Waals surface area contributed by atoms with Gasteiger partial charge in [0.15, 0.2) is 0 Å². The molecule has 3 fully saturated rings. The lowest BCUT2D eigenvalue weighted by Crippen LogP contribution is -2.55. The van der Waals surface area contributed by atoms with Crippen LogP contribution in [0.15, 0.2) is 0 Å². The van der Waals surface area contributed by atoms with Crippen LogP contribution in [0.2, 0.25) is 0 Å². The predicted octanol–water partition coefficient (Wildman–Crippen LogP) is 3.77. The number of hydrogen-bond acceptors (Lipinski definition) is 3. The maximum atomic E-state index is 12.1. The molecule has 23 heavy (non-hydrogen) atoms. The fourth-order valence-corrected chi connectivity index (χ4v) is 6.57. The second kappa shape index (κ2) is 5.40. The van der Waals surface area contributed by atoms with Crippen LogP contribution in [0.3, 0.4) is 0 Å². The summed E-state index contributed by atoms with van der Waals surface area (Å²) in [5.41, 5.74) is -0.952. The van der Waals surface area contributed by atoms with Crippen LogP contribution in [0.5, 0.6) is 0 Å². The molecule has 3 aliphatic rings. The van der Waals surface area contributed by atoms with E-state index in [0.717, 1.165) is 44.8 Å². The molecular formula is C20H32O3. The second-order valence-corrected chi connectivity index (χ2v) is 9.31. The van der Waals surface area contributed by atoms with Crippen molar-refractivity contribution in [2.75, 3.05) is 0 Å². The molecule has 0 aliphatic heterocycles. The molecule has 3 heteroatoms. The molecular weight excluding hydrogens is 288 g/mol. The number of Topliss-reactive ketones (excluding diaryl/α,β-unsaturated/α-hetero) is 1. The van der Waals surface area contributed by atoms with E-state index < -0.39 is 5.60 Å². The highest BCUT2D eigenvalue weighted by Crippen LogP contribution is 2.66. The van der Waals surface area contributed by atoms with Gasteiger partial charge in [0.05, 0.1) is 5.60 Å². The highest BCUT2D eigenvalue weighted by molar-refractivity contribution is 5.76. The number of fused-ring (bicyclic) bond motifs is 3. The minimum Gasteiger partial charge on any atom is -0.390 e. The molecule has 0 bridgehead atoms. The topological polar surface area (TPSA) is 54.4 Å². The van der Waals surface area contributed by atoms with E-state index >= 15 is 0 Å². The fourth-order valence-electron chi connectivity index (χ4n) is 6.57. The van der Waals surface area contributed by atoms with E-state index in [2.05, 4.69) is 13.8 Å². The van der Waals surface area contributed by atoms with Crippen molar-refractivity contribution in [2.45, 2.75) is 78.2 Å². The highest BCUT2D eigenvalue weighted by Gasteiger charge is 2.62. The Morgan fingerprint density at radius 1 is 1.09 bits per heavy atom. The Morgan fingerprint density at radius 2 is 1.74 bits per heavy atom. The third-order valence-corrected chi connectivity index (χ3v) is 8.31. The molecule has 7 atom stereocenters. The molecule has 0 radical (unpaired) electrons. The van der Waals surface area contributed by atoms with E-state index in [1.165, 1.54) is 0 Å². The first-order valence-electron chi connectivity index (χ1n) is 9.34. The summed E-state index contributed by atoms with van der Waals surface area (Å²) in [5.74, 6) is 1.83. The fraction of sp³-hybridized carbons (Fsp3) is 0.900. The molecule has 0 aromatic rings. The standard InChI is InChI=1S/C20H32O3/c1-13(22)11-14-5-6-15-16(18(14,2)12-21)7-9-19(3)17(15)8-10-20(19,4)23/h12,14-17,23H,5-11H2,1-4H3/t14-,15?,16?,17?,18-,19-,20-/m0/s1. The number of aliphatic hydroxyl groups is 1. The number of rotatable bonds is 3. The quantitative estimate of drug-likeness (QED) is 0.805. The third-order valence-electron chi connectivity index (χ3n) is 8.31. The zero-order valence-electron chi connectivity index (χ0n) is 15.1. The maximum Gasteiger partial charge on any atom is 0.130 e. The molecule has 0 amide bonds. The minimum atomic E-state index is -0.573. The summed E-state index contributed by atoms with van der Waals surface area (Å²) >= 11 is 0. The summed E-state index contributed by atoms with van der Waals surface area (Å²) < 4.78 is 0. The number of aldehydes is 1. The molecule has 3 saturated carbocycles. The largest absolute Gasteiger partial charge is 0.390 e. The SMILES string of the molecule is CC(=O)C[C@@H]1CCC2C3CC[C@](C)(O)[C@@]3(C)CCC2[C@@]1(C)C=O. The summed E-state index contributed by atoms with van der Waals surface area (Å²) in [6.45, 7) is 8.01. The van der Waals surface area contributed by atoms with E-state index in [1.54, 1.807) is 6.92 Å². The van der Waals surface area contributed by atoms with Crippen molar-refractivity contribution in [3.8, 4) is 0 Å². The highest BCUT2D eigenvalue weighted by atomic mass is 16.3. The van der Waals surface area contributed by atoms with E-state index in [1.807, 2.05) is 6.92 Å². The number of ketones is 1. The van der Waals surface area contributed by atoms with Gasteiger partial charge in [-0.3, -0.25) is 0 Å². The average molecular weight is 320 g/mol. The van der Waals surface area contributed by atoms with Crippen LogP contribution in [0.25, 0.3) is 0 Å². The van der Waals surface area contributed by atoms with Crippen LogP contribution in [-0.4, -0.2) is 22.8 Å². The Morgan fingerprint density at radius 3 is 2.35 bits per heavy atom. The van der Waals surface area contributed by atoms with Gasteiger partial charge in [-0.05, 0) is 81.5 Å². The van der Waals surface area contributed by atoms with Crippen LogP contribution in [0, 0.1) is 34.5 Å². The minimum absolute atomic E-state index is 0.00856. The monoisotopic (exact) mass is 320 g/mol. The molecule has 0 saturated heterocycles. The van der Waals surface area contributed by atoms with Crippen molar-refractivity contribution in [1.29, 1.82) is 0 Å². The Hall–Kier alpha value is -0.700. The Kier molecular flexibility index (Phi) is 4.03. The van der Waals surface area contributed by atoms with Gasteiger partial charge in [0.25, 0.3) is 0 Å². The average Bonchev–Trinajstić information content (AvgIpc) is 2.72. The summed E-state index contributed by atoms with van der Waals surface area (Å²) in [4.78, 5) is 23.7. The maximum absolute atomic E-state index is 12.1. The van der Waals surface area contributed by atoms with E-state index in [0.29, 0.717) is 24.2 Å². The smallest absolute Gasteiger partial charge is 0.130 e. The van der Waals surface area contributed by atoms with E-state index in [9.17, 15) is 14.7 Å². The van der Waals surface area contributed by atoms with Crippen molar-refractivity contribution >= 4 is 12.1 Å². The van der Waals surface area contributed by atoms with Gasteiger partial charge in [-0.2, -0.15) is 0 Å². The zero-order chi connectivity index (χ0) is 17.0. The molecule has 0 heterocycles. The van der Waals surface area contributed by atoms with Gasteiger partial charge < -0.3 is 14.7 Å². The van der Waals surface area contributed by atoms with Crippen LogP contribution < -0.4 is 0 Å². The first-order chi connectivity index (χ1) is 10.7. The van der Waals surface area contributed by atoms with Crippen molar-refractivity contribution < 1.29 is 14.7 Å². The Labute approximate surface area is 140 Å². The van der Waals surface area contributed by atoms with Gasteiger partial charge >= 0.3 is 0 Å². The molecule has 0 aromatic heterocycles. The zero-order valence-corrected chi connectivity index (χ0v) is 15.1. The van der Waals surface area contributed by atoms with Crippen LogP contribution in [0.1, 0.15) is 72.6 Å². The van der Waals surface area contributed by atoms with Crippen molar-refractivity contribution in [3.05, 3.63) is 0 Å². The van der Waals surface area contributed by atoms with Crippen molar-refractivity contribution in [1.82, 2.24) is 0 Å². The molecule has 3 nitrogen and oxygen atoms in total. The van der Waals surface area contributed by atoms with Gasteiger partial charge in [0.1, 0.15) is 12.1 Å². The molecule has 3 aliphatic carbocycles. The second-order valence-electron chi connectivity index (χ2n) is 9.31. The first-order valence-corrected chi connectivity index (χ1v) is 9.34. The van der Waals surface area contributed by atoms with Crippen LogP contribution in [0.4, 0.5) is 0 Å². The molecule has 3 unspecified atom stereocenters. The lowest BCUT2D eigenvalue weighted by molar-refractivity contribution is -0.151. The van der Waals surface area contributed by atoms with Gasteiger partial charge in [-0.15, -0.1) is 0 Å². The van der Waals surface area contributed by atoms with E-state index in [4.69, 9.17) is 0 Å². The summed E-state index contributed by atoms with van der Waals surface area (Å²) in [7, 11) is 0. The Bertz CT molecular complexity index is 511. The van der Waals surface area contributed by atoms with Crippen molar-refractivity contribution in [3.63, 3.8) is 0 Å². The normalized spacial score (nSPS) is 52.6. The molecule has 1 N–H and O–H groups in total. The van der Waals surface area contributed by atoms with Gasteiger partial charge in [-0.1, -0.05) is 13.8 Å². The van der Waals surface area contributed by atoms with Gasteiger partial charge in [0.2, 0.25) is 0 Å². The number of carbonyl (C=O) groups is 2. The summed E-state index contributed by atoms with van der Waals surface area (Å²) in [5, 5.41) is 10.9. The van der Waals surface area contributed by atoms with Crippen LogP contribution in [-0.2, 0) is 9.59 Å². The summed E-state index contributed by atoms with van der Waals surface area (Å²) in [6.07, 6.45) is 7.76. The van der Waals surface area contributed by atoms with Gasteiger partial charge in [-0.25, -0.2) is 0 Å². The lowest BCUT2D eigenvalue weighted by Gasteiger charge is -2.58. The number of carbonyl (C=O) groups excluding carboxylic acids is 2. The van der Waals surface area contributed by atoms with E-state index in [-0.39, 0.29) is 22.5 Å². The first kappa shape index (κ1) is 17.1. The lowest BCUT2D eigenvalue weighted by atomic mass is 9.46. The Balaban J connectivity index is 1.91. The van der Waals surface area contributed by atoms with Crippen LogP contribution >= 0.6 is 0 Å². The molecule has 0 spiro atoms. The third kappa shape index (κ3) is 2.33. The molecule has 0 aromatic carbocycles. The van der Waals surface area contributed by atoms with Crippen molar-refractivity contribution in [2.24, 2.45) is 34.5 Å². The van der Waals surface area contributed by atoms with Gasteiger partial charge in [0, 0.05) is 11.8 Å². The molecule has 130 valence electrons. The molecule has 3 rings (SSSR count).